The zero-order valence-electron chi connectivity index (χ0n) is 16.3. The molecule has 3 aromatic rings. The number of nitrogens with one attached hydrogen (secondary N) is 1. The monoisotopic (exact) mass is 396 g/mol. The van der Waals surface area contributed by atoms with E-state index in [1.807, 2.05) is 5.38 Å². The number of amides is 1. The number of aromatic nitrogens is 1. The van der Waals surface area contributed by atoms with Gasteiger partial charge in [-0.15, -0.1) is 23.1 Å². The molecule has 0 unspecified atom stereocenters. The number of thioether (sulfide) groups is 1. The lowest BCUT2D eigenvalue weighted by Crippen LogP contribution is -2.14. The minimum absolute atomic E-state index is 0.0252. The molecule has 140 valence electrons. The molecular weight excluding hydrogens is 372 g/mol. The molecule has 2 aromatic carbocycles. The first-order valence-electron chi connectivity index (χ1n) is 8.87. The van der Waals surface area contributed by atoms with Gasteiger partial charge in [0.25, 0.3) is 0 Å². The van der Waals surface area contributed by atoms with Crippen LogP contribution in [0.5, 0.6) is 0 Å². The minimum atomic E-state index is -0.0252. The molecule has 0 bridgehead atoms. The average molecular weight is 397 g/mol. The third-order valence-electron chi connectivity index (χ3n) is 4.74. The van der Waals surface area contributed by atoms with Gasteiger partial charge in [0.15, 0.2) is 5.13 Å². The lowest BCUT2D eigenvalue weighted by Gasteiger charge is -2.14. The molecule has 27 heavy (non-hydrogen) atoms. The highest BCUT2D eigenvalue weighted by atomic mass is 32.2. The first-order valence-corrected chi connectivity index (χ1v) is 10.7. The van der Waals surface area contributed by atoms with Crippen molar-refractivity contribution < 1.29 is 4.79 Å². The number of carbonyl (C=O) groups is 1. The molecule has 1 heterocycles. The maximum absolute atomic E-state index is 12.4. The summed E-state index contributed by atoms with van der Waals surface area (Å²) in [6, 6.07) is 10.4. The van der Waals surface area contributed by atoms with Crippen LogP contribution in [0.1, 0.15) is 27.8 Å². The van der Waals surface area contributed by atoms with Crippen LogP contribution in [-0.4, -0.2) is 16.6 Å². The molecule has 0 atom stereocenters. The van der Waals surface area contributed by atoms with E-state index in [4.69, 9.17) is 0 Å². The molecule has 0 aliphatic carbocycles. The molecule has 0 radical (unpaired) electrons. The number of rotatable bonds is 5. The number of aryl methyl sites for hydroxylation is 3. The Bertz CT molecular complexity index is 948. The Labute approximate surface area is 169 Å². The lowest BCUT2D eigenvalue weighted by molar-refractivity contribution is -0.113. The number of carbonyl (C=O) groups excluding carboxylic acids is 1. The van der Waals surface area contributed by atoms with E-state index < -0.39 is 0 Å². The summed E-state index contributed by atoms with van der Waals surface area (Å²) in [5.41, 5.74) is 8.22. The zero-order valence-corrected chi connectivity index (χ0v) is 18.0. The first-order chi connectivity index (χ1) is 12.8. The number of anilines is 1. The van der Waals surface area contributed by atoms with Crippen molar-refractivity contribution in [1.82, 2.24) is 4.98 Å². The second-order valence-electron chi connectivity index (χ2n) is 6.83. The van der Waals surface area contributed by atoms with E-state index in [1.165, 1.54) is 44.0 Å². The van der Waals surface area contributed by atoms with Gasteiger partial charge in [-0.2, -0.15) is 0 Å². The van der Waals surface area contributed by atoms with Crippen LogP contribution in [0.15, 0.2) is 40.6 Å². The van der Waals surface area contributed by atoms with Crippen LogP contribution in [0.2, 0.25) is 0 Å². The topological polar surface area (TPSA) is 42.0 Å². The van der Waals surface area contributed by atoms with Gasteiger partial charge >= 0.3 is 0 Å². The van der Waals surface area contributed by atoms with Gasteiger partial charge in [0.1, 0.15) is 0 Å². The predicted molar refractivity (Wildman–Crippen MR) is 117 cm³/mol. The molecule has 0 aliphatic heterocycles. The molecule has 3 rings (SSSR count). The Hall–Kier alpha value is -2.11. The minimum Gasteiger partial charge on any atom is -0.301 e. The van der Waals surface area contributed by atoms with Crippen LogP contribution < -0.4 is 5.32 Å². The Balaban J connectivity index is 1.65. The molecule has 5 heteroatoms. The largest absolute Gasteiger partial charge is 0.301 e. The maximum atomic E-state index is 12.4. The fourth-order valence-corrected chi connectivity index (χ4v) is 4.72. The third kappa shape index (κ3) is 4.60. The van der Waals surface area contributed by atoms with E-state index >= 15 is 0 Å². The molecule has 0 spiro atoms. The van der Waals surface area contributed by atoms with E-state index in [9.17, 15) is 4.79 Å². The van der Waals surface area contributed by atoms with Gasteiger partial charge in [0, 0.05) is 15.8 Å². The molecule has 0 saturated carbocycles. The van der Waals surface area contributed by atoms with E-state index in [1.54, 1.807) is 11.8 Å². The Morgan fingerprint density at radius 2 is 1.67 bits per heavy atom. The van der Waals surface area contributed by atoms with Crippen molar-refractivity contribution in [1.29, 1.82) is 0 Å². The van der Waals surface area contributed by atoms with E-state index in [0.717, 1.165) is 11.3 Å². The van der Waals surface area contributed by atoms with Crippen molar-refractivity contribution in [3.63, 3.8) is 0 Å². The molecule has 0 saturated heterocycles. The Morgan fingerprint density at radius 1 is 1.04 bits per heavy atom. The highest BCUT2D eigenvalue weighted by molar-refractivity contribution is 8.00. The van der Waals surface area contributed by atoms with Crippen molar-refractivity contribution in [2.45, 2.75) is 39.5 Å². The zero-order chi connectivity index (χ0) is 19.6. The van der Waals surface area contributed by atoms with Crippen LogP contribution in [0.3, 0.4) is 0 Å². The van der Waals surface area contributed by atoms with Crippen molar-refractivity contribution in [3.05, 3.63) is 63.5 Å². The van der Waals surface area contributed by atoms with Crippen molar-refractivity contribution in [2.75, 3.05) is 11.1 Å². The van der Waals surface area contributed by atoms with Crippen molar-refractivity contribution >= 4 is 34.1 Å². The van der Waals surface area contributed by atoms with Crippen LogP contribution in [-0.2, 0) is 4.79 Å². The maximum Gasteiger partial charge on any atom is 0.236 e. The second kappa shape index (κ2) is 8.28. The molecular formula is C22H24N2OS2. The number of nitrogens with zero attached hydrogens (tertiary/aromatic N) is 1. The number of hydrogen-bond donors (Lipinski definition) is 1. The Morgan fingerprint density at radius 3 is 2.30 bits per heavy atom. The summed E-state index contributed by atoms with van der Waals surface area (Å²) in [7, 11) is 0. The molecule has 1 aromatic heterocycles. The molecule has 0 aliphatic rings. The Kier molecular flexibility index (Phi) is 6.02. The van der Waals surface area contributed by atoms with E-state index in [0.29, 0.717) is 10.9 Å². The fourth-order valence-electron chi connectivity index (χ4n) is 2.88. The normalized spacial score (nSPS) is 10.9. The van der Waals surface area contributed by atoms with E-state index in [2.05, 4.69) is 75.3 Å². The van der Waals surface area contributed by atoms with E-state index in [-0.39, 0.29) is 5.91 Å². The van der Waals surface area contributed by atoms with Crippen molar-refractivity contribution in [2.24, 2.45) is 0 Å². The summed E-state index contributed by atoms with van der Waals surface area (Å²) in [5, 5.41) is 5.55. The number of hydrogen-bond acceptors (Lipinski definition) is 4. The van der Waals surface area contributed by atoms with Gasteiger partial charge in [0.2, 0.25) is 5.91 Å². The second-order valence-corrected chi connectivity index (χ2v) is 8.67. The molecule has 0 fully saturated rings. The summed E-state index contributed by atoms with van der Waals surface area (Å²) in [5.74, 6) is 0.354. The first kappa shape index (κ1) is 19.6. The summed E-state index contributed by atoms with van der Waals surface area (Å²) < 4.78 is 0. The highest BCUT2D eigenvalue weighted by Gasteiger charge is 2.13. The standard InChI is InChI=1S/C22H24N2OS2/c1-13-6-8-18(9-7-13)19-11-27-22(23-19)24-20(25)12-26-21-16(4)14(2)10-15(3)17(21)5/h6-11H,12H2,1-5H3,(H,23,24,25). The quantitative estimate of drug-likeness (QED) is 0.531. The van der Waals surface area contributed by atoms with Gasteiger partial charge < -0.3 is 5.32 Å². The summed E-state index contributed by atoms with van der Waals surface area (Å²) in [6.45, 7) is 10.5. The van der Waals surface area contributed by atoms with Gasteiger partial charge in [-0.3, -0.25) is 4.79 Å². The smallest absolute Gasteiger partial charge is 0.236 e. The van der Waals surface area contributed by atoms with Gasteiger partial charge in [-0.1, -0.05) is 35.9 Å². The van der Waals surface area contributed by atoms with Crippen LogP contribution in [0.25, 0.3) is 11.3 Å². The van der Waals surface area contributed by atoms with Crippen LogP contribution in [0.4, 0.5) is 5.13 Å². The summed E-state index contributed by atoms with van der Waals surface area (Å²) in [4.78, 5) is 18.2. The molecule has 1 N–H and O–H groups in total. The van der Waals surface area contributed by atoms with Gasteiger partial charge in [0.05, 0.1) is 11.4 Å². The summed E-state index contributed by atoms with van der Waals surface area (Å²) in [6.07, 6.45) is 0. The number of thiazole rings is 1. The van der Waals surface area contributed by atoms with Crippen molar-refractivity contribution in [3.8, 4) is 11.3 Å². The SMILES string of the molecule is Cc1ccc(-c2csc(NC(=O)CSc3c(C)c(C)cc(C)c3C)n2)cc1. The number of benzene rings is 2. The highest BCUT2D eigenvalue weighted by Crippen LogP contribution is 2.31. The average Bonchev–Trinajstić information content (AvgIpc) is 3.09. The third-order valence-corrected chi connectivity index (χ3v) is 6.81. The molecule has 1 amide bonds. The predicted octanol–water partition coefficient (Wildman–Crippen LogP) is 6.08. The molecule has 3 nitrogen and oxygen atoms in total. The van der Waals surface area contributed by atoms with Crippen LogP contribution >= 0.6 is 23.1 Å². The summed E-state index contributed by atoms with van der Waals surface area (Å²) >= 11 is 3.06. The fraction of sp³-hybridized carbons (Fsp3) is 0.273. The van der Waals surface area contributed by atoms with Crippen LogP contribution in [0, 0.1) is 34.6 Å². The lowest BCUT2D eigenvalue weighted by atomic mass is 10.0. The van der Waals surface area contributed by atoms with Gasteiger partial charge in [-0.25, -0.2) is 4.98 Å². The van der Waals surface area contributed by atoms with Gasteiger partial charge in [-0.05, 0) is 56.9 Å².